The van der Waals surface area contributed by atoms with Gasteiger partial charge in [0.05, 0.1) is 7.11 Å². The molecule has 0 amide bonds. The van der Waals surface area contributed by atoms with Crippen LogP contribution in [0, 0.1) is 0 Å². The van der Waals surface area contributed by atoms with Gasteiger partial charge in [0.2, 0.25) is 0 Å². The topological polar surface area (TPSA) is 80.2 Å². The normalized spacial score (nSPS) is 11.8. The van der Waals surface area contributed by atoms with Crippen molar-refractivity contribution in [3.8, 4) is 23.0 Å². The smallest absolute Gasteiger partial charge is 0.161 e. The summed E-state index contributed by atoms with van der Waals surface area (Å²) in [6, 6.07) is 13.8. The number of phenolic OH excluding ortho intramolecular Hbond substituents is 1. The van der Waals surface area contributed by atoms with Crippen molar-refractivity contribution >= 4 is 0 Å². The van der Waals surface area contributed by atoms with E-state index in [1.807, 2.05) is 24.3 Å². The summed E-state index contributed by atoms with van der Waals surface area (Å²) in [4.78, 5) is 0. The van der Waals surface area contributed by atoms with Crippen LogP contribution >= 0.6 is 0 Å². The summed E-state index contributed by atoms with van der Waals surface area (Å²) in [6.07, 6.45) is -0.634. The van der Waals surface area contributed by atoms with Gasteiger partial charge in [-0.05, 0) is 36.4 Å². The number of aliphatic hydroxyl groups is 1. The molecule has 0 saturated carbocycles. The van der Waals surface area contributed by atoms with Crippen LogP contribution in [-0.4, -0.2) is 49.7 Å². The Hall–Kier alpha value is -2.44. The van der Waals surface area contributed by atoms with E-state index in [-0.39, 0.29) is 12.4 Å². The molecule has 0 aliphatic carbocycles. The number of para-hydroxylation sites is 2. The van der Waals surface area contributed by atoms with Gasteiger partial charge in [0.1, 0.15) is 30.8 Å². The van der Waals surface area contributed by atoms with Crippen molar-refractivity contribution in [1.82, 2.24) is 5.32 Å². The lowest BCUT2D eigenvalue weighted by Gasteiger charge is -2.14. The molecule has 24 heavy (non-hydrogen) atoms. The van der Waals surface area contributed by atoms with Crippen LogP contribution in [0.3, 0.4) is 0 Å². The lowest BCUT2D eigenvalue weighted by molar-refractivity contribution is 0.105. The van der Waals surface area contributed by atoms with Crippen LogP contribution in [0.1, 0.15) is 0 Å². The third kappa shape index (κ3) is 5.98. The molecule has 1 atom stereocenters. The summed E-state index contributed by atoms with van der Waals surface area (Å²) in [6.45, 7) is 1.62. The Labute approximate surface area is 141 Å². The first-order chi connectivity index (χ1) is 11.7. The molecule has 0 unspecified atom stereocenters. The Morgan fingerprint density at radius 3 is 2.42 bits per heavy atom. The molecule has 0 aliphatic rings. The number of hydrogen-bond acceptors (Lipinski definition) is 6. The summed E-state index contributed by atoms with van der Waals surface area (Å²) < 4.78 is 16.3. The lowest BCUT2D eigenvalue weighted by atomic mass is 10.3. The van der Waals surface area contributed by atoms with E-state index in [4.69, 9.17) is 14.2 Å². The van der Waals surface area contributed by atoms with Crippen LogP contribution in [-0.2, 0) is 0 Å². The molecule has 6 nitrogen and oxygen atoms in total. The van der Waals surface area contributed by atoms with Gasteiger partial charge in [0.15, 0.2) is 11.5 Å². The zero-order valence-electron chi connectivity index (χ0n) is 13.6. The molecule has 0 aliphatic heterocycles. The first kappa shape index (κ1) is 17.9. The minimum absolute atomic E-state index is 0.172. The Balaban J connectivity index is 1.59. The maximum atomic E-state index is 9.87. The van der Waals surface area contributed by atoms with Gasteiger partial charge in [0, 0.05) is 13.1 Å². The van der Waals surface area contributed by atoms with Gasteiger partial charge in [-0.25, -0.2) is 0 Å². The van der Waals surface area contributed by atoms with Crippen LogP contribution in [0.4, 0.5) is 0 Å². The minimum atomic E-state index is -0.634. The van der Waals surface area contributed by atoms with E-state index in [0.29, 0.717) is 36.9 Å². The van der Waals surface area contributed by atoms with Gasteiger partial charge in [-0.2, -0.15) is 0 Å². The largest absolute Gasteiger partial charge is 0.508 e. The predicted molar refractivity (Wildman–Crippen MR) is 91.0 cm³/mol. The minimum Gasteiger partial charge on any atom is -0.508 e. The monoisotopic (exact) mass is 333 g/mol. The Bertz CT molecular complexity index is 603. The number of methoxy groups -OCH3 is 1. The second kappa shape index (κ2) is 9.64. The maximum absolute atomic E-state index is 9.87. The fourth-order valence-electron chi connectivity index (χ4n) is 2.03. The number of hydrogen-bond donors (Lipinski definition) is 3. The average molecular weight is 333 g/mol. The molecule has 2 aromatic rings. The number of phenols is 1. The van der Waals surface area contributed by atoms with Crippen molar-refractivity contribution < 1.29 is 24.4 Å². The molecule has 2 aromatic carbocycles. The van der Waals surface area contributed by atoms with Gasteiger partial charge in [-0.3, -0.25) is 0 Å². The van der Waals surface area contributed by atoms with E-state index in [0.717, 1.165) is 0 Å². The zero-order chi connectivity index (χ0) is 17.2. The molecule has 3 N–H and O–H groups in total. The molecule has 0 radical (unpaired) electrons. The number of aliphatic hydroxyl groups excluding tert-OH is 1. The highest BCUT2D eigenvalue weighted by Crippen LogP contribution is 2.25. The van der Waals surface area contributed by atoms with Crippen LogP contribution < -0.4 is 19.5 Å². The van der Waals surface area contributed by atoms with Gasteiger partial charge in [0.25, 0.3) is 0 Å². The molecule has 6 heteroatoms. The first-order valence-electron chi connectivity index (χ1n) is 7.75. The van der Waals surface area contributed by atoms with Gasteiger partial charge in [-0.15, -0.1) is 0 Å². The number of nitrogens with one attached hydrogen (secondary N) is 1. The molecule has 0 fully saturated rings. The quantitative estimate of drug-likeness (QED) is 0.576. The Morgan fingerprint density at radius 1 is 1.00 bits per heavy atom. The Morgan fingerprint density at radius 2 is 1.71 bits per heavy atom. The van der Waals surface area contributed by atoms with Crippen LogP contribution in [0.5, 0.6) is 23.0 Å². The highest BCUT2D eigenvalue weighted by Gasteiger charge is 2.06. The molecule has 0 aromatic heterocycles. The fraction of sp³-hybridized carbons (Fsp3) is 0.333. The molecule has 0 heterocycles. The standard InChI is InChI=1S/C18H23NO5/c1-22-17-4-2-3-5-18(17)23-11-10-19-12-15(21)13-24-16-8-6-14(20)7-9-16/h2-9,15,19-21H,10-13H2,1H3/t15-/m1/s1. The Kier molecular flexibility index (Phi) is 7.20. The van der Waals surface area contributed by atoms with Gasteiger partial charge < -0.3 is 29.7 Å². The van der Waals surface area contributed by atoms with Gasteiger partial charge >= 0.3 is 0 Å². The van der Waals surface area contributed by atoms with E-state index in [1.54, 1.807) is 19.2 Å². The fourth-order valence-corrected chi connectivity index (χ4v) is 2.03. The van der Waals surface area contributed by atoms with E-state index in [9.17, 15) is 10.2 Å². The molecule has 2 rings (SSSR count). The van der Waals surface area contributed by atoms with Crippen molar-refractivity contribution in [2.45, 2.75) is 6.10 Å². The van der Waals surface area contributed by atoms with E-state index in [1.165, 1.54) is 12.1 Å². The van der Waals surface area contributed by atoms with Crippen molar-refractivity contribution in [2.75, 3.05) is 33.4 Å². The molecule has 130 valence electrons. The third-order valence-corrected chi connectivity index (χ3v) is 3.26. The first-order valence-corrected chi connectivity index (χ1v) is 7.75. The van der Waals surface area contributed by atoms with E-state index in [2.05, 4.69) is 5.32 Å². The SMILES string of the molecule is COc1ccccc1OCCNC[C@@H](O)COc1ccc(O)cc1. The van der Waals surface area contributed by atoms with Crippen LogP contribution in [0.2, 0.25) is 0 Å². The van der Waals surface area contributed by atoms with Crippen molar-refractivity contribution in [3.05, 3.63) is 48.5 Å². The predicted octanol–water partition coefficient (Wildman–Crippen LogP) is 1.81. The van der Waals surface area contributed by atoms with Crippen molar-refractivity contribution in [2.24, 2.45) is 0 Å². The highest BCUT2D eigenvalue weighted by molar-refractivity contribution is 5.39. The number of aromatic hydroxyl groups is 1. The van der Waals surface area contributed by atoms with E-state index < -0.39 is 6.10 Å². The van der Waals surface area contributed by atoms with Crippen molar-refractivity contribution in [3.63, 3.8) is 0 Å². The zero-order valence-corrected chi connectivity index (χ0v) is 13.6. The van der Waals surface area contributed by atoms with Gasteiger partial charge in [-0.1, -0.05) is 12.1 Å². The summed E-state index contributed by atoms with van der Waals surface area (Å²) in [5, 5.41) is 22.1. The second-order valence-electron chi connectivity index (χ2n) is 5.16. The molecular formula is C18H23NO5. The third-order valence-electron chi connectivity index (χ3n) is 3.26. The van der Waals surface area contributed by atoms with Crippen molar-refractivity contribution in [1.29, 1.82) is 0 Å². The number of ether oxygens (including phenoxy) is 3. The lowest BCUT2D eigenvalue weighted by Crippen LogP contribution is -2.33. The summed E-state index contributed by atoms with van der Waals surface area (Å²) in [7, 11) is 1.60. The van der Waals surface area contributed by atoms with E-state index >= 15 is 0 Å². The molecular weight excluding hydrogens is 310 g/mol. The summed E-state index contributed by atoms with van der Waals surface area (Å²) in [5.74, 6) is 2.17. The second-order valence-corrected chi connectivity index (χ2v) is 5.16. The van der Waals surface area contributed by atoms with Crippen LogP contribution in [0.25, 0.3) is 0 Å². The molecule has 0 saturated heterocycles. The van der Waals surface area contributed by atoms with Crippen LogP contribution in [0.15, 0.2) is 48.5 Å². The number of benzene rings is 2. The average Bonchev–Trinajstić information content (AvgIpc) is 2.61. The summed E-state index contributed by atoms with van der Waals surface area (Å²) in [5.41, 5.74) is 0. The molecule has 0 bridgehead atoms. The number of rotatable bonds is 10. The maximum Gasteiger partial charge on any atom is 0.161 e. The highest BCUT2D eigenvalue weighted by atomic mass is 16.5. The summed E-state index contributed by atoms with van der Waals surface area (Å²) >= 11 is 0. The molecule has 0 spiro atoms.